The molecular formula is C20H22ClFN2O2S. The molecule has 0 saturated carbocycles. The predicted octanol–water partition coefficient (Wildman–Crippen LogP) is 4.12. The van der Waals surface area contributed by atoms with Crippen molar-refractivity contribution < 1.29 is 14.0 Å². The van der Waals surface area contributed by atoms with Gasteiger partial charge in [-0.1, -0.05) is 23.7 Å². The molecule has 0 aliphatic carbocycles. The van der Waals surface area contributed by atoms with Crippen LogP contribution in [-0.2, 0) is 16.1 Å². The number of carbonyl (C=O) groups excluding carboxylic acids is 2. The molecule has 4 nitrogen and oxygen atoms in total. The number of likely N-dealkylation sites (N-methyl/N-ethyl adjacent to an activating group) is 1. The van der Waals surface area contributed by atoms with Gasteiger partial charge in [0, 0.05) is 35.7 Å². The first-order valence-electron chi connectivity index (χ1n) is 8.54. The highest BCUT2D eigenvalue weighted by Crippen LogP contribution is 2.22. The van der Waals surface area contributed by atoms with E-state index in [4.69, 9.17) is 11.6 Å². The molecule has 144 valence electrons. The Morgan fingerprint density at radius 2 is 1.78 bits per heavy atom. The summed E-state index contributed by atoms with van der Waals surface area (Å²) in [6.45, 7) is 1.94. The van der Waals surface area contributed by atoms with Crippen LogP contribution in [-0.4, -0.2) is 35.6 Å². The van der Waals surface area contributed by atoms with Crippen LogP contribution < -0.4 is 5.32 Å². The van der Waals surface area contributed by atoms with Gasteiger partial charge in [0.1, 0.15) is 11.9 Å². The second kappa shape index (κ2) is 10.3. The van der Waals surface area contributed by atoms with Gasteiger partial charge in [0.05, 0.1) is 0 Å². The van der Waals surface area contributed by atoms with Crippen LogP contribution in [0, 0.1) is 5.82 Å². The molecule has 0 heterocycles. The molecule has 0 radical (unpaired) electrons. The number of rotatable bonds is 8. The van der Waals surface area contributed by atoms with Crippen LogP contribution >= 0.6 is 23.4 Å². The Kier molecular flexibility index (Phi) is 8.13. The third-order valence-corrected chi connectivity index (χ3v) is 5.34. The van der Waals surface area contributed by atoms with Gasteiger partial charge in [0.15, 0.2) is 0 Å². The average Bonchev–Trinajstić information content (AvgIpc) is 2.67. The summed E-state index contributed by atoms with van der Waals surface area (Å²) in [6, 6.07) is 12.7. The van der Waals surface area contributed by atoms with Gasteiger partial charge >= 0.3 is 0 Å². The topological polar surface area (TPSA) is 49.4 Å². The van der Waals surface area contributed by atoms with Gasteiger partial charge in [0.25, 0.3) is 0 Å². The standard InChI is InChI=1S/C20H22ClFN2O2S/c1-14(20(26)23-2)24(13-15-3-7-17(22)8-4-15)19(25)11-12-27-18-9-5-16(21)6-10-18/h3-10,14H,11-13H2,1-2H3,(H,23,26)/t14-/m1/s1. The van der Waals surface area contributed by atoms with Gasteiger partial charge < -0.3 is 10.2 Å². The third kappa shape index (κ3) is 6.56. The van der Waals surface area contributed by atoms with Crippen LogP contribution in [0.5, 0.6) is 0 Å². The molecule has 1 atom stereocenters. The van der Waals surface area contributed by atoms with E-state index in [1.807, 2.05) is 12.1 Å². The highest BCUT2D eigenvalue weighted by molar-refractivity contribution is 7.99. The lowest BCUT2D eigenvalue weighted by atomic mass is 10.1. The Morgan fingerprint density at radius 3 is 2.37 bits per heavy atom. The summed E-state index contributed by atoms with van der Waals surface area (Å²) < 4.78 is 13.1. The quantitative estimate of drug-likeness (QED) is 0.668. The van der Waals surface area contributed by atoms with Crippen LogP contribution in [0.25, 0.3) is 0 Å². The summed E-state index contributed by atoms with van der Waals surface area (Å²) in [5.41, 5.74) is 0.769. The van der Waals surface area contributed by atoms with E-state index < -0.39 is 6.04 Å². The number of thioether (sulfide) groups is 1. The number of carbonyl (C=O) groups is 2. The summed E-state index contributed by atoms with van der Waals surface area (Å²) in [6.07, 6.45) is 0.288. The molecule has 2 rings (SSSR count). The zero-order valence-corrected chi connectivity index (χ0v) is 16.8. The highest BCUT2D eigenvalue weighted by atomic mass is 35.5. The van der Waals surface area contributed by atoms with Crippen LogP contribution in [0.15, 0.2) is 53.4 Å². The maximum absolute atomic E-state index is 13.1. The number of nitrogens with one attached hydrogen (secondary N) is 1. The SMILES string of the molecule is CNC(=O)[C@@H](C)N(Cc1ccc(F)cc1)C(=O)CCSc1ccc(Cl)cc1. The monoisotopic (exact) mass is 408 g/mol. The molecule has 1 N–H and O–H groups in total. The van der Waals surface area contributed by atoms with Crippen molar-refractivity contribution in [2.24, 2.45) is 0 Å². The predicted molar refractivity (Wildman–Crippen MR) is 107 cm³/mol. The molecule has 27 heavy (non-hydrogen) atoms. The van der Waals surface area contributed by atoms with Crippen molar-refractivity contribution in [1.29, 1.82) is 0 Å². The van der Waals surface area contributed by atoms with E-state index in [0.717, 1.165) is 10.5 Å². The van der Waals surface area contributed by atoms with E-state index >= 15 is 0 Å². The molecule has 0 saturated heterocycles. The van der Waals surface area contributed by atoms with Crippen LogP contribution in [0.4, 0.5) is 4.39 Å². The molecule has 0 unspecified atom stereocenters. The normalized spacial score (nSPS) is 11.7. The molecule has 2 amide bonds. The molecule has 0 spiro atoms. The Morgan fingerprint density at radius 1 is 1.15 bits per heavy atom. The number of hydrogen-bond acceptors (Lipinski definition) is 3. The van der Waals surface area contributed by atoms with E-state index in [1.54, 1.807) is 43.0 Å². The Labute approximate surface area is 168 Å². The minimum Gasteiger partial charge on any atom is -0.357 e. The van der Waals surface area contributed by atoms with Gasteiger partial charge in [-0.2, -0.15) is 0 Å². The first-order chi connectivity index (χ1) is 12.9. The molecular weight excluding hydrogens is 387 g/mol. The van der Waals surface area contributed by atoms with Crippen molar-refractivity contribution in [3.8, 4) is 0 Å². The first-order valence-corrected chi connectivity index (χ1v) is 9.91. The maximum Gasteiger partial charge on any atom is 0.242 e. The molecule has 0 bridgehead atoms. The first kappa shape index (κ1) is 21.3. The lowest BCUT2D eigenvalue weighted by molar-refractivity contribution is -0.140. The van der Waals surface area contributed by atoms with Crippen molar-refractivity contribution in [2.75, 3.05) is 12.8 Å². The van der Waals surface area contributed by atoms with Crippen molar-refractivity contribution in [3.05, 3.63) is 64.9 Å². The number of amides is 2. The van der Waals surface area contributed by atoms with Crippen molar-refractivity contribution in [3.63, 3.8) is 0 Å². The number of benzene rings is 2. The van der Waals surface area contributed by atoms with Gasteiger partial charge in [-0.15, -0.1) is 11.8 Å². The maximum atomic E-state index is 13.1. The fourth-order valence-electron chi connectivity index (χ4n) is 2.51. The summed E-state index contributed by atoms with van der Waals surface area (Å²) in [4.78, 5) is 27.4. The van der Waals surface area contributed by atoms with Crippen molar-refractivity contribution in [2.45, 2.75) is 30.8 Å². The van der Waals surface area contributed by atoms with Gasteiger partial charge in [-0.25, -0.2) is 4.39 Å². The van der Waals surface area contributed by atoms with Crippen molar-refractivity contribution >= 4 is 35.2 Å². The molecule has 2 aromatic rings. The summed E-state index contributed by atoms with van der Waals surface area (Å²) in [5, 5.41) is 3.24. The Hall–Kier alpha value is -2.05. The minimum absolute atomic E-state index is 0.128. The van der Waals surface area contributed by atoms with E-state index in [2.05, 4.69) is 5.32 Å². The van der Waals surface area contributed by atoms with E-state index in [9.17, 15) is 14.0 Å². The average molecular weight is 409 g/mol. The zero-order valence-electron chi connectivity index (χ0n) is 15.2. The molecule has 0 aliphatic heterocycles. The third-order valence-electron chi connectivity index (χ3n) is 4.08. The number of halogens is 2. The smallest absolute Gasteiger partial charge is 0.242 e. The lowest BCUT2D eigenvalue weighted by Crippen LogP contribution is -2.46. The van der Waals surface area contributed by atoms with Crippen LogP contribution in [0.3, 0.4) is 0 Å². The molecule has 0 aliphatic rings. The second-order valence-corrected chi connectivity index (χ2v) is 7.60. The Bertz CT molecular complexity index is 769. The second-order valence-electron chi connectivity index (χ2n) is 5.99. The van der Waals surface area contributed by atoms with Crippen LogP contribution in [0.1, 0.15) is 18.9 Å². The largest absolute Gasteiger partial charge is 0.357 e. The fourth-order valence-corrected chi connectivity index (χ4v) is 3.48. The highest BCUT2D eigenvalue weighted by Gasteiger charge is 2.25. The molecule has 0 aromatic heterocycles. The van der Waals surface area contributed by atoms with E-state index in [0.29, 0.717) is 10.8 Å². The van der Waals surface area contributed by atoms with Gasteiger partial charge in [0.2, 0.25) is 11.8 Å². The Balaban J connectivity index is 2.02. The summed E-state index contributed by atoms with van der Waals surface area (Å²) >= 11 is 7.42. The van der Waals surface area contributed by atoms with E-state index in [-0.39, 0.29) is 30.6 Å². The van der Waals surface area contributed by atoms with Crippen molar-refractivity contribution in [1.82, 2.24) is 10.2 Å². The fraction of sp³-hybridized carbons (Fsp3) is 0.300. The molecule has 0 fully saturated rings. The number of nitrogens with zero attached hydrogens (tertiary/aromatic N) is 1. The number of hydrogen-bond donors (Lipinski definition) is 1. The summed E-state index contributed by atoms with van der Waals surface area (Å²) in [7, 11) is 1.54. The zero-order chi connectivity index (χ0) is 19.8. The molecule has 7 heteroatoms. The summed E-state index contributed by atoms with van der Waals surface area (Å²) in [5.74, 6) is -0.121. The van der Waals surface area contributed by atoms with Crippen LogP contribution in [0.2, 0.25) is 5.02 Å². The minimum atomic E-state index is -0.618. The van der Waals surface area contributed by atoms with Gasteiger partial charge in [-0.3, -0.25) is 9.59 Å². The molecule has 2 aromatic carbocycles. The lowest BCUT2D eigenvalue weighted by Gasteiger charge is -2.28. The van der Waals surface area contributed by atoms with E-state index in [1.165, 1.54) is 24.1 Å². The van der Waals surface area contributed by atoms with Gasteiger partial charge in [-0.05, 0) is 48.9 Å².